The van der Waals surface area contributed by atoms with Gasteiger partial charge in [0.1, 0.15) is 11.8 Å². The monoisotopic (exact) mass is 407 g/mol. The molecule has 1 aliphatic heterocycles. The number of amides is 1. The number of nitriles is 1. The van der Waals surface area contributed by atoms with Crippen LogP contribution in [0.2, 0.25) is 0 Å². The average molecular weight is 408 g/mol. The summed E-state index contributed by atoms with van der Waals surface area (Å²) in [5.41, 5.74) is 2.69. The number of nitrogens with zero attached hydrogens (tertiary/aromatic N) is 2. The smallest absolute Gasteiger partial charge is 0.261 e. The van der Waals surface area contributed by atoms with E-state index in [4.69, 9.17) is 14.7 Å². The van der Waals surface area contributed by atoms with Gasteiger partial charge in [-0.1, -0.05) is 36.4 Å². The Bertz CT molecular complexity index is 881. The topological polar surface area (TPSA) is 74.6 Å². The maximum atomic E-state index is 12.4. The maximum Gasteiger partial charge on any atom is 0.261 e. The maximum absolute atomic E-state index is 12.4. The largest absolute Gasteiger partial charge is 0.480 e. The number of carbonyl (C=O) groups is 1. The zero-order chi connectivity index (χ0) is 21.5. The van der Waals surface area contributed by atoms with Crippen LogP contribution in [-0.2, 0) is 22.6 Å². The van der Waals surface area contributed by atoms with Gasteiger partial charge >= 0.3 is 0 Å². The molecule has 2 aromatic carbocycles. The lowest BCUT2D eigenvalue weighted by atomic mass is 10.1. The number of rotatable bonds is 7. The van der Waals surface area contributed by atoms with Crippen LogP contribution in [0.4, 0.5) is 0 Å². The standard InChI is InChI=1S/C24H29N3O3/c1-17-14-27(15-18(2)29-17)16-21-10-8-20(9-11-21)13-26-24(28)19(3)30-23-7-5-4-6-22(23)12-25/h4-11,17-19H,13-16H2,1-3H3,(H,26,28). The first-order chi connectivity index (χ1) is 14.4. The lowest BCUT2D eigenvalue weighted by Crippen LogP contribution is -2.44. The highest BCUT2D eigenvalue weighted by Crippen LogP contribution is 2.18. The van der Waals surface area contributed by atoms with Crippen molar-refractivity contribution in [2.45, 2.75) is 52.2 Å². The molecule has 6 nitrogen and oxygen atoms in total. The molecule has 158 valence electrons. The van der Waals surface area contributed by atoms with E-state index in [-0.39, 0.29) is 18.1 Å². The van der Waals surface area contributed by atoms with E-state index in [1.165, 1.54) is 5.56 Å². The molecule has 1 N–H and O–H groups in total. The third kappa shape index (κ3) is 6.06. The minimum atomic E-state index is -0.691. The Morgan fingerprint density at radius 1 is 1.17 bits per heavy atom. The zero-order valence-corrected chi connectivity index (χ0v) is 17.8. The molecule has 2 aromatic rings. The minimum absolute atomic E-state index is 0.219. The number of nitrogens with one attached hydrogen (secondary N) is 1. The Kier molecular flexibility index (Phi) is 7.45. The number of hydrogen-bond acceptors (Lipinski definition) is 5. The van der Waals surface area contributed by atoms with E-state index in [0.29, 0.717) is 17.9 Å². The predicted molar refractivity (Wildman–Crippen MR) is 115 cm³/mol. The van der Waals surface area contributed by atoms with E-state index in [2.05, 4.69) is 42.3 Å². The lowest BCUT2D eigenvalue weighted by Gasteiger charge is -2.35. The van der Waals surface area contributed by atoms with Crippen LogP contribution < -0.4 is 10.1 Å². The number of benzene rings is 2. The van der Waals surface area contributed by atoms with Crippen LogP contribution >= 0.6 is 0 Å². The quantitative estimate of drug-likeness (QED) is 0.763. The van der Waals surface area contributed by atoms with Crippen LogP contribution in [-0.4, -0.2) is 42.2 Å². The number of carbonyl (C=O) groups excluding carboxylic acids is 1. The first-order valence-corrected chi connectivity index (χ1v) is 10.3. The first-order valence-electron chi connectivity index (χ1n) is 10.3. The van der Waals surface area contributed by atoms with Crippen LogP contribution in [0, 0.1) is 11.3 Å². The number of hydrogen-bond donors (Lipinski definition) is 1. The second-order valence-corrected chi connectivity index (χ2v) is 7.85. The Balaban J connectivity index is 1.48. The second-order valence-electron chi connectivity index (χ2n) is 7.85. The normalized spacial score (nSPS) is 20.2. The lowest BCUT2D eigenvalue weighted by molar-refractivity contribution is -0.127. The van der Waals surface area contributed by atoms with E-state index in [1.54, 1.807) is 31.2 Å². The van der Waals surface area contributed by atoms with Gasteiger partial charge in [0.05, 0.1) is 17.8 Å². The van der Waals surface area contributed by atoms with Gasteiger partial charge < -0.3 is 14.8 Å². The minimum Gasteiger partial charge on any atom is -0.480 e. The van der Waals surface area contributed by atoms with Crippen molar-refractivity contribution in [1.82, 2.24) is 10.2 Å². The molecule has 0 spiro atoms. The second kappa shape index (κ2) is 10.2. The summed E-state index contributed by atoms with van der Waals surface area (Å²) in [5.74, 6) is 0.196. The van der Waals surface area contributed by atoms with Crippen LogP contribution in [0.3, 0.4) is 0 Å². The Labute approximate surface area is 178 Å². The van der Waals surface area contributed by atoms with Crippen LogP contribution in [0.5, 0.6) is 5.75 Å². The summed E-state index contributed by atoms with van der Waals surface area (Å²) in [6.07, 6.45) is -0.177. The van der Waals surface area contributed by atoms with Crippen molar-refractivity contribution in [1.29, 1.82) is 5.26 Å². The number of morpholine rings is 1. The first kappa shape index (κ1) is 21.8. The van der Waals surface area contributed by atoms with E-state index in [9.17, 15) is 4.79 Å². The summed E-state index contributed by atoms with van der Waals surface area (Å²) >= 11 is 0. The third-order valence-electron chi connectivity index (χ3n) is 5.07. The van der Waals surface area contributed by atoms with Gasteiger partial charge in [-0.3, -0.25) is 9.69 Å². The van der Waals surface area contributed by atoms with Crippen molar-refractivity contribution >= 4 is 5.91 Å². The molecule has 1 fully saturated rings. The molecule has 1 amide bonds. The van der Waals surface area contributed by atoms with E-state index < -0.39 is 6.10 Å². The van der Waals surface area contributed by atoms with Gasteiger partial charge in [-0.05, 0) is 44.0 Å². The van der Waals surface area contributed by atoms with Crippen molar-refractivity contribution in [3.05, 3.63) is 65.2 Å². The van der Waals surface area contributed by atoms with Crippen LogP contribution in [0.25, 0.3) is 0 Å². The molecule has 0 radical (unpaired) electrons. The molecular formula is C24H29N3O3. The summed E-state index contributed by atoms with van der Waals surface area (Å²) in [4.78, 5) is 14.8. The van der Waals surface area contributed by atoms with Crippen LogP contribution in [0.1, 0.15) is 37.5 Å². The van der Waals surface area contributed by atoms with E-state index in [1.807, 2.05) is 12.1 Å². The average Bonchev–Trinajstić information content (AvgIpc) is 2.72. The third-order valence-corrected chi connectivity index (χ3v) is 5.07. The fourth-order valence-electron chi connectivity index (χ4n) is 3.67. The van der Waals surface area contributed by atoms with E-state index in [0.717, 1.165) is 25.2 Å². The molecule has 30 heavy (non-hydrogen) atoms. The van der Waals surface area contributed by atoms with E-state index >= 15 is 0 Å². The summed E-state index contributed by atoms with van der Waals surface area (Å²) in [7, 11) is 0. The summed E-state index contributed by atoms with van der Waals surface area (Å²) in [6.45, 7) is 9.10. The highest BCUT2D eigenvalue weighted by atomic mass is 16.5. The molecule has 0 bridgehead atoms. The highest BCUT2D eigenvalue weighted by molar-refractivity contribution is 5.80. The van der Waals surface area contributed by atoms with Crippen molar-refractivity contribution in [2.24, 2.45) is 0 Å². The Morgan fingerprint density at radius 2 is 1.80 bits per heavy atom. The fourth-order valence-corrected chi connectivity index (χ4v) is 3.67. The summed E-state index contributed by atoms with van der Waals surface area (Å²) in [5, 5.41) is 12.0. The van der Waals surface area contributed by atoms with Crippen LogP contribution in [0.15, 0.2) is 48.5 Å². The molecular weight excluding hydrogens is 378 g/mol. The fraction of sp³-hybridized carbons (Fsp3) is 0.417. The van der Waals surface area contributed by atoms with Gasteiger partial charge in [-0.25, -0.2) is 0 Å². The molecule has 1 heterocycles. The summed E-state index contributed by atoms with van der Waals surface area (Å²) in [6, 6.07) is 17.3. The molecule has 3 unspecified atom stereocenters. The Morgan fingerprint density at radius 3 is 2.47 bits per heavy atom. The molecule has 3 rings (SSSR count). The van der Waals surface area contributed by atoms with Gasteiger partial charge in [0.2, 0.25) is 0 Å². The SMILES string of the molecule is CC1CN(Cc2ccc(CNC(=O)C(C)Oc3ccccc3C#N)cc2)CC(C)O1. The summed E-state index contributed by atoms with van der Waals surface area (Å²) < 4.78 is 11.4. The van der Waals surface area contributed by atoms with Gasteiger partial charge in [0.15, 0.2) is 6.10 Å². The van der Waals surface area contributed by atoms with Crippen molar-refractivity contribution in [3.8, 4) is 11.8 Å². The van der Waals surface area contributed by atoms with Gasteiger partial charge in [-0.2, -0.15) is 5.26 Å². The molecule has 1 saturated heterocycles. The van der Waals surface area contributed by atoms with Gasteiger partial charge in [-0.15, -0.1) is 0 Å². The predicted octanol–water partition coefficient (Wildman–Crippen LogP) is 3.25. The molecule has 6 heteroatoms. The molecule has 0 saturated carbocycles. The van der Waals surface area contributed by atoms with Crippen molar-refractivity contribution in [3.63, 3.8) is 0 Å². The molecule has 3 atom stereocenters. The molecule has 0 aliphatic carbocycles. The van der Waals surface area contributed by atoms with Gasteiger partial charge in [0, 0.05) is 26.2 Å². The number of para-hydroxylation sites is 1. The van der Waals surface area contributed by atoms with Gasteiger partial charge in [0.25, 0.3) is 5.91 Å². The number of ether oxygens (including phenoxy) is 2. The molecule has 0 aromatic heterocycles. The van der Waals surface area contributed by atoms with Crippen molar-refractivity contribution < 1.29 is 14.3 Å². The molecule has 1 aliphatic rings. The Hall–Kier alpha value is -2.88. The van der Waals surface area contributed by atoms with Crippen molar-refractivity contribution in [2.75, 3.05) is 13.1 Å². The zero-order valence-electron chi connectivity index (χ0n) is 17.8. The highest BCUT2D eigenvalue weighted by Gasteiger charge is 2.22.